The molecule has 9 heteroatoms. The van der Waals surface area contributed by atoms with Crippen LogP contribution >= 0.6 is 0 Å². The van der Waals surface area contributed by atoms with Crippen molar-refractivity contribution >= 4 is 15.8 Å². The van der Waals surface area contributed by atoms with Crippen LogP contribution in [0.2, 0.25) is 0 Å². The van der Waals surface area contributed by atoms with E-state index < -0.39 is 22.0 Å². The Morgan fingerprint density at radius 1 is 0.878 bits per heavy atom. The van der Waals surface area contributed by atoms with Crippen LogP contribution in [-0.4, -0.2) is 44.3 Å². The summed E-state index contributed by atoms with van der Waals surface area (Å²) >= 11 is 0. The lowest BCUT2D eigenvalue weighted by Crippen LogP contribution is -2.26. The minimum absolute atomic E-state index is 0.0346. The highest BCUT2D eigenvalue weighted by Gasteiger charge is 2.20. The molecule has 5 aromatic rings. The van der Waals surface area contributed by atoms with Gasteiger partial charge in [-0.1, -0.05) is 92.6 Å². The predicted octanol–water partition coefficient (Wildman–Crippen LogP) is 6.11. The molecule has 0 fully saturated rings. The molecule has 2 aromatic heterocycles. The van der Waals surface area contributed by atoms with Gasteiger partial charge in [0.15, 0.2) is 5.65 Å². The van der Waals surface area contributed by atoms with Gasteiger partial charge in [0.05, 0.1) is 11.4 Å². The van der Waals surface area contributed by atoms with Gasteiger partial charge >= 0.3 is 0 Å². The number of hydrogen-bond acceptors (Lipinski definition) is 6. The van der Waals surface area contributed by atoms with Crippen LogP contribution in [0.3, 0.4) is 0 Å². The Kier molecular flexibility index (Phi) is 8.66. The summed E-state index contributed by atoms with van der Waals surface area (Å²) in [6.45, 7) is 2.01. The second kappa shape index (κ2) is 12.5. The van der Waals surface area contributed by atoms with Gasteiger partial charge in [-0.2, -0.15) is 8.42 Å². The van der Waals surface area contributed by atoms with Gasteiger partial charge in [0.2, 0.25) is 5.88 Å². The van der Waals surface area contributed by atoms with Crippen molar-refractivity contribution < 1.29 is 22.8 Å². The molecular formula is C32H33N3O5S. The maximum absolute atomic E-state index is 11.5. The van der Waals surface area contributed by atoms with E-state index in [0.717, 1.165) is 40.9 Å². The van der Waals surface area contributed by atoms with E-state index in [1.165, 1.54) is 0 Å². The minimum atomic E-state index is -4.18. The standard InChI is InChI=1S/C32H33N3O5S/c1-2-3-16-27(22-41(37,38)39)40-26-17-10-13-24(18-26)20-29-32(36)35-21-30(25-14-8-5-9-15-25)33-28(31(35)34-29)19-23-11-6-4-7-12-23/h4-15,17-18,21,27,36H,2-3,16,19-20,22H2,1H3,(H,37,38,39). The second-order valence-corrected chi connectivity index (χ2v) is 11.6. The first kappa shape index (κ1) is 28.3. The van der Waals surface area contributed by atoms with Gasteiger partial charge in [0.1, 0.15) is 23.3 Å². The van der Waals surface area contributed by atoms with E-state index in [4.69, 9.17) is 14.7 Å². The highest BCUT2D eigenvalue weighted by Crippen LogP contribution is 2.29. The van der Waals surface area contributed by atoms with Crippen LogP contribution in [-0.2, 0) is 23.0 Å². The number of benzene rings is 3. The number of unbranched alkanes of at least 4 members (excludes halogenated alkanes) is 1. The molecule has 1 unspecified atom stereocenters. The van der Waals surface area contributed by atoms with Crippen LogP contribution in [0.4, 0.5) is 0 Å². The summed E-state index contributed by atoms with van der Waals surface area (Å²) in [5.74, 6) is 0.0616. The first-order valence-corrected chi connectivity index (χ1v) is 15.3. The fourth-order valence-electron chi connectivity index (χ4n) is 4.88. The molecule has 0 radical (unpaired) electrons. The molecule has 5 rings (SSSR count). The number of nitrogens with zero attached hydrogens (tertiary/aromatic N) is 3. The van der Waals surface area contributed by atoms with Crippen molar-refractivity contribution in [1.82, 2.24) is 14.4 Å². The number of aromatic hydroxyl groups is 1. The Labute approximate surface area is 240 Å². The monoisotopic (exact) mass is 571 g/mol. The topological polar surface area (TPSA) is 114 Å². The first-order chi connectivity index (χ1) is 19.8. The van der Waals surface area contributed by atoms with E-state index in [1.807, 2.05) is 85.8 Å². The summed E-state index contributed by atoms with van der Waals surface area (Å²) in [6.07, 6.45) is 4.19. The average Bonchev–Trinajstić information content (AvgIpc) is 3.27. The van der Waals surface area contributed by atoms with Crippen molar-refractivity contribution in [2.75, 3.05) is 5.75 Å². The normalized spacial score (nSPS) is 12.4. The molecule has 1 atom stereocenters. The molecule has 0 saturated carbocycles. The third-order valence-corrected chi connectivity index (χ3v) is 7.65. The third kappa shape index (κ3) is 7.31. The average molecular weight is 572 g/mol. The fourth-order valence-corrected chi connectivity index (χ4v) is 5.58. The molecule has 2 heterocycles. The van der Waals surface area contributed by atoms with Crippen LogP contribution < -0.4 is 4.74 Å². The molecule has 0 aliphatic heterocycles. The van der Waals surface area contributed by atoms with E-state index in [9.17, 15) is 18.1 Å². The maximum Gasteiger partial charge on any atom is 0.268 e. The number of ether oxygens (including phenoxy) is 1. The summed E-state index contributed by atoms with van der Waals surface area (Å²) in [4.78, 5) is 9.76. The van der Waals surface area contributed by atoms with Crippen LogP contribution in [0.15, 0.2) is 91.1 Å². The minimum Gasteiger partial charge on any atom is -0.493 e. The smallest absolute Gasteiger partial charge is 0.268 e. The lowest BCUT2D eigenvalue weighted by molar-refractivity contribution is 0.207. The molecule has 0 bridgehead atoms. The van der Waals surface area contributed by atoms with Crippen molar-refractivity contribution in [3.05, 3.63) is 114 Å². The number of fused-ring (bicyclic) bond motifs is 1. The quantitative estimate of drug-likeness (QED) is 0.174. The Balaban J connectivity index is 1.47. The van der Waals surface area contributed by atoms with Gasteiger partial charge in [0.25, 0.3) is 10.1 Å². The van der Waals surface area contributed by atoms with E-state index in [2.05, 4.69) is 0 Å². The van der Waals surface area contributed by atoms with Crippen molar-refractivity contribution in [2.45, 2.75) is 45.1 Å². The SMILES string of the molecule is CCCCC(CS(=O)(=O)O)Oc1cccc(Cc2nc3c(Cc4ccccc4)nc(-c4ccccc4)cn3c2O)c1. The second-order valence-electron chi connectivity index (χ2n) is 10.1. The Morgan fingerprint density at radius 3 is 2.27 bits per heavy atom. The van der Waals surface area contributed by atoms with Crippen molar-refractivity contribution in [3.63, 3.8) is 0 Å². The Hall–Kier alpha value is -4.21. The summed E-state index contributed by atoms with van der Waals surface area (Å²) < 4.78 is 40.1. The molecular weight excluding hydrogens is 538 g/mol. The zero-order valence-corrected chi connectivity index (χ0v) is 23.7. The van der Waals surface area contributed by atoms with Gasteiger partial charge in [-0.05, 0) is 29.7 Å². The lowest BCUT2D eigenvalue weighted by Gasteiger charge is -2.18. The third-order valence-electron chi connectivity index (χ3n) is 6.85. The summed E-state index contributed by atoms with van der Waals surface area (Å²) in [6, 6.07) is 27.1. The maximum atomic E-state index is 11.5. The molecule has 2 N–H and O–H groups in total. The summed E-state index contributed by atoms with van der Waals surface area (Å²) in [5, 5.41) is 11.3. The van der Waals surface area contributed by atoms with Gasteiger partial charge in [-0.15, -0.1) is 0 Å². The Bertz CT molecular complexity index is 1720. The number of hydrogen-bond donors (Lipinski definition) is 2. The largest absolute Gasteiger partial charge is 0.493 e. The van der Waals surface area contributed by atoms with Crippen LogP contribution in [0.25, 0.3) is 16.9 Å². The van der Waals surface area contributed by atoms with Crippen molar-refractivity contribution in [3.8, 4) is 22.9 Å². The van der Waals surface area contributed by atoms with Crippen molar-refractivity contribution in [1.29, 1.82) is 0 Å². The van der Waals surface area contributed by atoms with Gasteiger partial charge in [0, 0.05) is 24.6 Å². The van der Waals surface area contributed by atoms with E-state index in [-0.39, 0.29) is 5.88 Å². The zero-order chi connectivity index (χ0) is 28.8. The molecule has 0 saturated heterocycles. The fraction of sp³-hybridized carbons (Fsp3) is 0.250. The molecule has 0 aliphatic rings. The zero-order valence-electron chi connectivity index (χ0n) is 22.8. The number of aromatic nitrogens is 3. The molecule has 212 valence electrons. The Morgan fingerprint density at radius 2 is 1.56 bits per heavy atom. The summed E-state index contributed by atoms with van der Waals surface area (Å²) in [5.41, 5.74) is 5.42. The van der Waals surface area contributed by atoms with E-state index in [1.54, 1.807) is 16.7 Å². The predicted molar refractivity (Wildman–Crippen MR) is 159 cm³/mol. The molecule has 8 nitrogen and oxygen atoms in total. The van der Waals surface area contributed by atoms with E-state index in [0.29, 0.717) is 36.4 Å². The summed E-state index contributed by atoms with van der Waals surface area (Å²) in [7, 11) is -4.18. The van der Waals surface area contributed by atoms with E-state index >= 15 is 0 Å². The molecule has 3 aromatic carbocycles. The molecule has 41 heavy (non-hydrogen) atoms. The van der Waals surface area contributed by atoms with Crippen LogP contribution in [0, 0.1) is 0 Å². The highest BCUT2D eigenvalue weighted by molar-refractivity contribution is 7.85. The number of rotatable bonds is 12. The van der Waals surface area contributed by atoms with Crippen LogP contribution in [0.5, 0.6) is 11.6 Å². The van der Waals surface area contributed by atoms with Gasteiger partial charge < -0.3 is 9.84 Å². The van der Waals surface area contributed by atoms with Gasteiger partial charge in [-0.3, -0.25) is 8.95 Å². The number of imidazole rings is 1. The molecule has 0 amide bonds. The van der Waals surface area contributed by atoms with Crippen LogP contribution in [0.1, 0.15) is 48.7 Å². The highest BCUT2D eigenvalue weighted by atomic mass is 32.2. The van der Waals surface area contributed by atoms with Gasteiger partial charge in [-0.25, -0.2) is 9.97 Å². The first-order valence-electron chi connectivity index (χ1n) is 13.7. The lowest BCUT2D eigenvalue weighted by atomic mass is 10.1. The molecule has 0 aliphatic carbocycles. The van der Waals surface area contributed by atoms with Crippen molar-refractivity contribution in [2.24, 2.45) is 0 Å². The molecule has 0 spiro atoms.